The van der Waals surface area contributed by atoms with Crippen LogP contribution in [0.5, 0.6) is 0 Å². The SMILES string of the molecule is [C-]#[N+]/C(C#N)=C1\C(=C\c2nc3oc(-c4ccc([N+]#[C-])cc4)nc3o2)C(=O)c2ccccc21. The Hall–Kier alpha value is -5.26. The molecule has 2 aromatic heterocycles. The largest absolute Gasteiger partial charge is 0.415 e. The molecule has 8 nitrogen and oxygen atoms in total. The summed E-state index contributed by atoms with van der Waals surface area (Å²) in [7, 11) is 0. The zero-order valence-corrected chi connectivity index (χ0v) is 16.2. The number of oxazole rings is 2. The average molecular weight is 415 g/mol. The summed E-state index contributed by atoms with van der Waals surface area (Å²) in [6.45, 7) is 14.3. The summed E-state index contributed by atoms with van der Waals surface area (Å²) < 4.78 is 11.3. The number of rotatable bonds is 2. The highest BCUT2D eigenvalue weighted by Gasteiger charge is 2.32. The van der Waals surface area contributed by atoms with E-state index < -0.39 is 0 Å². The van der Waals surface area contributed by atoms with E-state index in [0.29, 0.717) is 22.4 Å². The van der Waals surface area contributed by atoms with Crippen molar-refractivity contribution < 1.29 is 13.6 Å². The summed E-state index contributed by atoms with van der Waals surface area (Å²) >= 11 is 0. The normalized spacial score (nSPS) is 15.3. The molecule has 1 aliphatic carbocycles. The van der Waals surface area contributed by atoms with E-state index in [0.717, 1.165) is 0 Å². The van der Waals surface area contributed by atoms with E-state index in [-0.39, 0.29) is 45.8 Å². The van der Waals surface area contributed by atoms with E-state index in [2.05, 4.69) is 19.7 Å². The highest BCUT2D eigenvalue weighted by molar-refractivity contribution is 6.29. The molecule has 0 fully saturated rings. The second-order valence-corrected chi connectivity index (χ2v) is 6.72. The molecule has 0 bridgehead atoms. The van der Waals surface area contributed by atoms with Crippen LogP contribution in [0.3, 0.4) is 0 Å². The van der Waals surface area contributed by atoms with E-state index in [1.165, 1.54) is 6.08 Å². The van der Waals surface area contributed by atoms with Crippen molar-refractivity contribution in [2.45, 2.75) is 0 Å². The summed E-state index contributed by atoms with van der Waals surface area (Å²) in [4.78, 5) is 28.1. The standard InChI is InChI=1S/C24H9N5O3/c1-26-14-9-7-13(8-10-14)22-29-24-23(32-22)28-19(31-24)11-17-20(18(12-25)27-2)15-5-3-4-6-16(15)21(17)30/h3-11H/b17-11-,20-18-. The lowest BCUT2D eigenvalue weighted by Gasteiger charge is -2.00. The van der Waals surface area contributed by atoms with Crippen molar-refractivity contribution >= 4 is 34.5 Å². The van der Waals surface area contributed by atoms with Gasteiger partial charge >= 0.3 is 0 Å². The van der Waals surface area contributed by atoms with Gasteiger partial charge in [-0.3, -0.25) is 4.79 Å². The van der Waals surface area contributed by atoms with Gasteiger partial charge in [-0.05, 0) is 5.56 Å². The van der Waals surface area contributed by atoms with Gasteiger partial charge in [-0.25, -0.2) is 15.0 Å². The van der Waals surface area contributed by atoms with Gasteiger partial charge in [0, 0.05) is 28.3 Å². The van der Waals surface area contributed by atoms with Gasteiger partial charge in [0.05, 0.1) is 19.2 Å². The maximum absolute atomic E-state index is 12.9. The molecule has 148 valence electrons. The first-order valence-corrected chi connectivity index (χ1v) is 9.26. The van der Waals surface area contributed by atoms with Crippen LogP contribution in [-0.4, -0.2) is 15.8 Å². The Morgan fingerprint density at radius 3 is 2.38 bits per heavy atom. The van der Waals surface area contributed by atoms with Gasteiger partial charge in [0.2, 0.25) is 11.8 Å². The summed E-state index contributed by atoms with van der Waals surface area (Å²) in [5.74, 6) is 0.0270. The smallest absolute Gasteiger partial charge is 0.288 e. The molecule has 0 saturated carbocycles. The number of ketones is 1. The fourth-order valence-corrected chi connectivity index (χ4v) is 3.48. The molecule has 0 aliphatic heterocycles. The van der Waals surface area contributed by atoms with Crippen molar-refractivity contribution in [3.05, 3.63) is 99.7 Å². The molecule has 5 rings (SSSR count). The number of allylic oxidation sites excluding steroid dienone is 3. The molecule has 0 amide bonds. The summed E-state index contributed by atoms with van der Waals surface area (Å²) in [6, 6.07) is 15.4. The van der Waals surface area contributed by atoms with Gasteiger partial charge in [0.15, 0.2) is 11.5 Å². The summed E-state index contributed by atoms with van der Waals surface area (Å²) in [5.41, 5.74) is 2.59. The maximum Gasteiger partial charge on any atom is 0.288 e. The van der Waals surface area contributed by atoms with Crippen LogP contribution in [0.25, 0.3) is 44.2 Å². The van der Waals surface area contributed by atoms with Crippen LogP contribution >= 0.6 is 0 Å². The van der Waals surface area contributed by atoms with E-state index in [9.17, 15) is 10.1 Å². The lowest BCUT2D eigenvalue weighted by Crippen LogP contribution is -1.95. The highest BCUT2D eigenvalue weighted by atomic mass is 16.4. The summed E-state index contributed by atoms with van der Waals surface area (Å²) in [5, 5.41) is 9.39. The number of nitrogens with zero attached hydrogens (tertiary/aromatic N) is 5. The van der Waals surface area contributed by atoms with Crippen molar-refractivity contribution in [2.75, 3.05) is 0 Å². The van der Waals surface area contributed by atoms with Crippen LogP contribution in [0.15, 0.2) is 68.6 Å². The Bertz CT molecular complexity index is 1570. The van der Waals surface area contributed by atoms with Gasteiger partial charge in [0.1, 0.15) is 0 Å². The molecule has 0 atom stereocenters. The first kappa shape index (κ1) is 18.7. The van der Waals surface area contributed by atoms with E-state index in [4.69, 9.17) is 22.0 Å². The molecule has 0 saturated heterocycles. The lowest BCUT2D eigenvalue weighted by atomic mass is 10.0. The van der Waals surface area contributed by atoms with E-state index in [1.54, 1.807) is 48.5 Å². The van der Waals surface area contributed by atoms with Crippen molar-refractivity contribution in [1.82, 2.24) is 9.97 Å². The molecule has 0 spiro atoms. The van der Waals surface area contributed by atoms with Crippen molar-refractivity contribution in [3.8, 4) is 17.5 Å². The molecule has 0 unspecified atom stereocenters. The number of hydrogen-bond acceptors (Lipinski definition) is 6. The second kappa shape index (κ2) is 7.21. The quantitative estimate of drug-likeness (QED) is 0.244. The van der Waals surface area contributed by atoms with Crippen molar-refractivity contribution in [3.63, 3.8) is 0 Å². The van der Waals surface area contributed by atoms with Crippen LogP contribution < -0.4 is 0 Å². The topological polar surface area (TPSA) is 102 Å². The number of hydrogen-bond donors (Lipinski definition) is 0. The van der Waals surface area contributed by atoms with Gasteiger partial charge in [-0.2, -0.15) is 9.97 Å². The lowest BCUT2D eigenvalue weighted by molar-refractivity contribution is 0.104. The monoisotopic (exact) mass is 415 g/mol. The van der Waals surface area contributed by atoms with Crippen LogP contribution in [0.4, 0.5) is 5.69 Å². The number of carbonyl (C=O) groups is 1. The molecule has 1 aliphatic rings. The minimum atomic E-state index is -0.324. The molecular formula is C24H9N5O3. The Morgan fingerprint density at radius 1 is 1.00 bits per heavy atom. The fourth-order valence-electron chi connectivity index (χ4n) is 3.48. The molecule has 2 aromatic carbocycles. The van der Waals surface area contributed by atoms with Gasteiger partial charge < -0.3 is 8.83 Å². The molecule has 0 N–H and O–H groups in total. The van der Waals surface area contributed by atoms with E-state index in [1.807, 2.05) is 6.07 Å². The molecule has 2 heterocycles. The zero-order valence-electron chi connectivity index (χ0n) is 16.2. The minimum Gasteiger partial charge on any atom is -0.415 e. The van der Waals surface area contributed by atoms with Gasteiger partial charge in [0.25, 0.3) is 17.1 Å². The fraction of sp³-hybridized carbons (Fsp3) is 0. The zero-order chi connectivity index (χ0) is 22.2. The number of benzene rings is 2. The third kappa shape index (κ3) is 2.87. The Kier molecular flexibility index (Phi) is 4.23. The molecule has 4 aromatic rings. The van der Waals surface area contributed by atoms with Crippen LogP contribution in [0.1, 0.15) is 21.8 Å². The summed E-state index contributed by atoms with van der Waals surface area (Å²) in [6.07, 6.45) is 1.39. The first-order valence-electron chi connectivity index (χ1n) is 9.26. The number of carbonyl (C=O) groups excluding carboxylic acids is 1. The van der Waals surface area contributed by atoms with Crippen molar-refractivity contribution in [2.24, 2.45) is 0 Å². The molecule has 8 heteroatoms. The number of Topliss-reactive ketones (excluding diaryl/α,β-unsaturated/α-hetero) is 1. The van der Waals surface area contributed by atoms with Gasteiger partial charge in [-0.15, -0.1) is 0 Å². The molecule has 0 radical (unpaired) electrons. The third-order valence-corrected chi connectivity index (χ3v) is 4.91. The predicted molar refractivity (Wildman–Crippen MR) is 114 cm³/mol. The van der Waals surface area contributed by atoms with E-state index >= 15 is 0 Å². The van der Waals surface area contributed by atoms with Gasteiger partial charge in [-0.1, -0.05) is 48.5 Å². The second-order valence-electron chi connectivity index (χ2n) is 6.72. The Balaban J connectivity index is 1.58. The van der Waals surface area contributed by atoms with Crippen LogP contribution in [-0.2, 0) is 0 Å². The maximum atomic E-state index is 12.9. The number of aromatic nitrogens is 2. The third-order valence-electron chi connectivity index (χ3n) is 4.91. The number of fused-ring (bicyclic) bond motifs is 2. The molecular weight excluding hydrogens is 406 g/mol. The average Bonchev–Trinajstić information content (AvgIpc) is 3.47. The minimum absolute atomic E-state index is 0.0667. The number of nitriles is 1. The predicted octanol–water partition coefficient (Wildman–Crippen LogP) is 5.47. The van der Waals surface area contributed by atoms with Crippen LogP contribution in [0.2, 0.25) is 0 Å². The molecule has 32 heavy (non-hydrogen) atoms. The Labute approximate surface area is 181 Å². The Morgan fingerprint density at radius 2 is 1.72 bits per heavy atom. The highest BCUT2D eigenvalue weighted by Crippen LogP contribution is 2.40. The van der Waals surface area contributed by atoms with Crippen molar-refractivity contribution in [1.29, 1.82) is 5.26 Å². The first-order chi connectivity index (χ1) is 15.6. The van der Waals surface area contributed by atoms with Crippen LogP contribution in [0, 0.1) is 24.5 Å².